The third kappa shape index (κ3) is 3.31. The Morgan fingerprint density at radius 1 is 0.857 bits per heavy atom. The van der Waals surface area contributed by atoms with Crippen LogP contribution in [-0.4, -0.2) is 82.3 Å². The van der Waals surface area contributed by atoms with E-state index in [4.69, 9.17) is 9.72 Å². The normalized spacial score (nSPS) is 18.1. The first-order valence-corrected chi connectivity index (χ1v) is 9.62. The van der Waals surface area contributed by atoms with Gasteiger partial charge in [0.2, 0.25) is 5.95 Å². The molecular weight excluding hydrogens is 358 g/mol. The van der Waals surface area contributed by atoms with Gasteiger partial charge in [-0.05, 0) is 19.1 Å². The Balaban J connectivity index is 1.30. The van der Waals surface area contributed by atoms with Crippen LogP contribution in [0.15, 0.2) is 24.5 Å². The van der Waals surface area contributed by atoms with E-state index in [-0.39, 0.29) is 0 Å². The van der Waals surface area contributed by atoms with Gasteiger partial charge in [0, 0.05) is 51.0 Å². The van der Waals surface area contributed by atoms with Gasteiger partial charge in [-0.25, -0.2) is 4.98 Å². The zero-order valence-corrected chi connectivity index (χ0v) is 15.9. The molecular formula is C18H23N9O. The molecule has 0 N–H and O–H groups in total. The number of aromatic nitrogens is 6. The molecule has 2 saturated heterocycles. The van der Waals surface area contributed by atoms with E-state index in [1.807, 2.05) is 19.1 Å². The highest BCUT2D eigenvalue weighted by atomic mass is 16.5. The predicted octanol–water partition coefficient (Wildman–Crippen LogP) is 0.386. The van der Waals surface area contributed by atoms with Gasteiger partial charge in [-0.3, -0.25) is 0 Å². The van der Waals surface area contributed by atoms with Crippen molar-refractivity contribution >= 4 is 23.2 Å². The van der Waals surface area contributed by atoms with Crippen LogP contribution in [0.2, 0.25) is 0 Å². The van der Waals surface area contributed by atoms with Gasteiger partial charge in [0.15, 0.2) is 5.65 Å². The number of morpholine rings is 1. The maximum absolute atomic E-state index is 5.44. The number of nitrogens with zero attached hydrogens (tertiary/aromatic N) is 9. The maximum Gasteiger partial charge on any atom is 0.227 e. The highest BCUT2D eigenvalue weighted by molar-refractivity contribution is 5.50. The molecule has 2 aliphatic rings. The van der Waals surface area contributed by atoms with Crippen LogP contribution in [0.4, 0.5) is 17.6 Å². The second kappa shape index (κ2) is 7.19. The molecule has 2 fully saturated rings. The summed E-state index contributed by atoms with van der Waals surface area (Å²) in [6.07, 6.45) is 1.63. The van der Waals surface area contributed by atoms with Crippen LogP contribution in [-0.2, 0) is 4.74 Å². The van der Waals surface area contributed by atoms with Crippen molar-refractivity contribution in [2.45, 2.75) is 6.92 Å². The van der Waals surface area contributed by atoms with Crippen molar-refractivity contribution in [1.29, 1.82) is 0 Å². The van der Waals surface area contributed by atoms with Crippen LogP contribution in [0.5, 0.6) is 0 Å². The molecule has 10 heteroatoms. The van der Waals surface area contributed by atoms with Crippen molar-refractivity contribution in [2.75, 3.05) is 67.2 Å². The second-order valence-corrected chi connectivity index (χ2v) is 7.07. The predicted molar refractivity (Wildman–Crippen MR) is 105 cm³/mol. The van der Waals surface area contributed by atoms with Crippen LogP contribution >= 0.6 is 0 Å². The Hall–Kier alpha value is -3.01. The van der Waals surface area contributed by atoms with E-state index >= 15 is 0 Å². The lowest BCUT2D eigenvalue weighted by Crippen LogP contribution is -2.47. The van der Waals surface area contributed by atoms with E-state index in [9.17, 15) is 0 Å². The van der Waals surface area contributed by atoms with Gasteiger partial charge < -0.3 is 19.4 Å². The Kier molecular flexibility index (Phi) is 4.40. The summed E-state index contributed by atoms with van der Waals surface area (Å²) in [5, 5.41) is 12.5. The molecule has 0 radical (unpaired) electrons. The molecule has 0 atom stereocenters. The minimum absolute atomic E-state index is 0.731. The molecule has 0 aromatic carbocycles. The molecule has 5 rings (SSSR count). The highest BCUT2D eigenvalue weighted by Crippen LogP contribution is 2.21. The van der Waals surface area contributed by atoms with Crippen molar-refractivity contribution in [1.82, 2.24) is 29.8 Å². The first-order valence-electron chi connectivity index (χ1n) is 9.62. The molecule has 10 nitrogen and oxygen atoms in total. The van der Waals surface area contributed by atoms with Crippen molar-refractivity contribution in [3.8, 4) is 0 Å². The molecule has 0 saturated carbocycles. The fourth-order valence-electron chi connectivity index (χ4n) is 3.66. The average Bonchev–Trinajstić information content (AvgIpc) is 3.22. The van der Waals surface area contributed by atoms with Gasteiger partial charge in [-0.15, -0.1) is 15.3 Å². The number of piperazine rings is 1. The van der Waals surface area contributed by atoms with E-state index < -0.39 is 0 Å². The molecule has 0 bridgehead atoms. The lowest BCUT2D eigenvalue weighted by Gasteiger charge is -2.36. The number of fused-ring (bicyclic) bond motifs is 1. The SMILES string of the molecule is Cc1cc(N2CCN(c3ccc4nncn4n3)CC2)nc(N2CCOCC2)n1. The van der Waals surface area contributed by atoms with E-state index in [0.717, 1.165) is 81.4 Å². The third-order valence-corrected chi connectivity index (χ3v) is 5.20. The van der Waals surface area contributed by atoms with Crippen LogP contribution in [0.3, 0.4) is 0 Å². The fraction of sp³-hybridized carbons (Fsp3) is 0.500. The third-order valence-electron chi connectivity index (χ3n) is 5.20. The molecule has 0 amide bonds. The van der Waals surface area contributed by atoms with Gasteiger partial charge >= 0.3 is 0 Å². The lowest BCUT2D eigenvalue weighted by molar-refractivity contribution is 0.122. The Labute approximate surface area is 162 Å². The summed E-state index contributed by atoms with van der Waals surface area (Å²) in [7, 11) is 0. The first-order chi connectivity index (χ1) is 13.8. The number of hydrogen-bond acceptors (Lipinski definition) is 9. The maximum atomic E-state index is 5.44. The summed E-state index contributed by atoms with van der Waals surface area (Å²) in [6.45, 7) is 8.73. The van der Waals surface area contributed by atoms with Gasteiger partial charge in [0.25, 0.3) is 0 Å². The number of anilines is 3. The largest absolute Gasteiger partial charge is 0.378 e. The Morgan fingerprint density at radius 3 is 2.39 bits per heavy atom. The van der Waals surface area contributed by atoms with Crippen molar-refractivity contribution in [2.24, 2.45) is 0 Å². The number of ether oxygens (including phenoxy) is 1. The summed E-state index contributed by atoms with van der Waals surface area (Å²) in [4.78, 5) is 16.3. The Bertz CT molecular complexity index is 961. The molecule has 0 aliphatic carbocycles. The van der Waals surface area contributed by atoms with Gasteiger partial charge in [-0.1, -0.05) is 0 Å². The van der Waals surface area contributed by atoms with Gasteiger partial charge in [0.1, 0.15) is 18.0 Å². The average molecular weight is 381 g/mol. The molecule has 3 aromatic rings. The van der Waals surface area contributed by atoms with E-state index in [0.29, 0.717) is 0 Å². The fourth-order valence-corrected chi connectivity index (χ4v) is 3.66. The summed E-state index contributed by atoms with van der Waals surface area (Å²) in [6, 6.07) is 6.02. The van der Waals surface area contributed by atoms with Crippen LogP contribution in [0.1, 0.15) is 5.69 Å². The molecule has 2 aliphatic heterocycles. The summed E-state index contributed by atoms with van der Waals surface area (Å²) >= 11 is 0. The van der Waals surface area contributed by atoms with Crippen LogP contribution in [0.25, 0.3) is 5.65 Å². The van der Waals surface area contributed by atoms with E-state index in [1.54, 1.807) is 10.8 Å². The van der Waals surface area contributed by atoms with Crippen LogP contribution < -0.4 is 14.7 Å². The minimum atomic E-state index is 0.731. The summed E-state index contributed by atoms with van der Waals surface area (Å²) in [5.41, 5.74) is 1.75. The molecule has 0 unspecified atom stereocenters. The van der Waals surface area contributed by atoms with E-state index in [1.165, 1.54) is 0 Å². The molecule has 28 heavy (non-hydrogen) atoms. The minimum Gasteiger partial charge on any atom is -0.378 e. The summed E-state index contributed by atoms with van der Waals surface area (Å²) < 4.78 is 7.16. The van der Waals surface area contributed by atoms with Crippen LogP contribution in [0, 0.1) is 6.92 Å². The zero-order chi connectivity index (χ0) is 18.9. The van der Waals surface area contributed by atoms with E-state index in [2.05, 4.69) is 41.0 Å². The molecule has 146 valence electrons. The molecule has 0 spiro atoms. The zero-order valence-electron chi connectivity index (χ0n) is 15.9. The second-order valence-electron chi connectivity index (χ2n) is 7.07. The number of aryl methyl sites for hydroxylation is 1. The first kappa shape index (κ1) is 17.1. The van der Waals surface area contributed by atoms with Crippen molar-refractivity contribution in [3.05, 3.63) is 30.2 Å². The summed E-state index contributed by atoms with van der Waals surface area (Å²) in [5.74, 6) is 2.75. The smallest absolute Gasteiger partial charge is 0.227 e. The molecule has 3 aromatic heterocycles. The lowest BCUT2D eigenvalue weighted by atomic mass is 10.3. The number of hydrogen-bond donors (Lipinski definition) is 0. The van der Waals surface area contributed by atoms with Gasteiger partial charge in [0.05, 0.1) is 13.2 Å². The number of rotatable bonds is 3. The Morgan fingerprint density at radius 2 is 1.61 bits per heavy atom. The molecule has 5 heterocycles. The van der Waals surface area contributed by atoms with Gasteiger partial charge in [-0.2, -0.15) is 9.50 Å². The van der Waals surface area contributed by atoms with Crippen molar-refractivity contribution < 1.29 is 4.74 Å². The highest BCUT2D eigenvalue weighted by Gasteiger charge is 2.22. The monoisotopic (exact) mass is 381 g/mol. The van der Waals surface area contributed by atoms with Crippen molar-refractivity contribution in [3.63, 3.8) is 0 Å². The quantitative estimate of drug-likeness (QED) is 0.639. The standard InChI is InChI=1S/C18H23N9O/c1-14-12-17(21-18(20-14)26-8-10-28-11-9-26)25-6-4-24(5-7-25)16-3-2-15-22-19-13-27(15)23-16/h2-3,12-13H,4-11H2,1H3. The topological polar surface area (TPSA) is 87.8 Å².